The molecule has 0 saturated heterocycles. The van der Waals surface area contributed by atoms with Gasteiger partial charge in [-0.1, -0.05) is 0 Å². The van der Waals surface area contributed by atoms with Crippen LogP contribution in [0.2, 0.25) is 0 Å². The summed E-state index contributed by atoms with van der Waals surface area (Å²) >= 11 is 1.47. The highest BCUT2D eigenvalue weighted by Crippen LogP contribution is 2.08. The molecule has 0 unspecified atom stereocenters. The number of primary amides is 1. The molecule has 0 fully saturated rings. The third kappa shape index (κ3) is 2.16. The first kappa shape index (κ1) is 7.94. The van der Waals surface area contributed by atoms with Gasteiger partial charge in [-0.3, -0.25) is 4.79 Å². The molecule has 0 radical (unpaired) electrons. The van der Waals surface area contributed by atoms with Crippen LogP contribution >= 0.6 is 11.3 Å². The van der Waals surface area contributed by atoms with Gasteiger partial charge in [-0.2, -0.15) is 0 Å². The van der Waals surface area contributed by atoms with Gasteiger partial charge in [-0.05, 0) is 13.0 Å². The Morgan fingerprint density at radius 3 is 3.00 bits per heavy atom. The van der Waals surface area contributed by atoms with Gasteiger partial charge in [0.2, 0.25) is 5.91 Å². The van der Waals surface area contributed by atoms with Crippen molar-refractivity contribution < 1.29 is 4.79 Å². The second kappa shape index (κ2) is 3.30. The fourth-order valence-electron chi connectivity index (χ4n) is 0.562. The molecular weight excluding hydrogens is 160 g/mol. The van der Waals surface area contributed by atoms with Crippen molar-refractivity contribution >= 4 is 23.3 Å². The molecule has 0 aliphatic carbocycles. The largest absolute Gasteiger partial charge is 0.366 e. The molecule has 0 bridgehead atoms. The summed E-state index contributed by atoms with van der Waals surface area (Å²) in [4.78, 5) is 14.5. The van der Waals surface area contributed by atoms with E-state index < -0.39 is 5.91 Å². The Bertz CT molecular complexity index is 277. The van der Waals surface area contributed by atoms with E-state index in [1.165, 1.54) is 11.3 Å². The van der Waals surface area contributed by atoms with Crippen LogP contribution in [-0.4, -0.2) is 10.9 Å². The summed E-state index contributed by atoms with van der Waals surface area (Å²) in [5.41, 5.74) is 5.55. The Hall–Kier alpha value is -1.16. The van der Waals surface area contributed by atoms with Gasteiger partial charge in [-0.25, -0.2) is 4.98 Å². The van der Waals surface area contributed by atoms with Crippen LogP contribution in [0.3, 0.4) is 0 Å². The maximum absolute atomic E-state index is 10.6. The monoisotopic (exact) mass is 168 g/mol. The number of rotatable bonds is 2. The van der Waals surface area contributed by atoms with Crippen LogP contribution in [0.15, 0.2) is 17.2 Å². The molecule has 58 valence electrons. The molecule has 11 heavy (non-hydrogen) atoms. The maximum Gasteiger partial charge on any atom is 0.244 e. The fraction of sp³-hybridized carbons (Fsp3) is 0.143. The Balaban J connectivity index is 2.82. The number of carbonyl (C=O) groups is 1. The number of carbonyl (C=O) groups excluding carboxylic acids is 1. The Kier molecular flexibility index (Phi) is 2.38. The third-order valence-electron chi connectivity index (χ3n) is 1.18. The average molecular weight is 168 g/mol. The molecule has 4 heteroatoms. The van der Waals surface area contributed by atoms with Crippen molar-refractivity contribution in [3.63, 3.8) is 0 Å². The lowest BCUT2D eigenvalue weighted by Gasteiger charge is -1.89. The van der Waals surface area contributed by atoms with E-state index in [1.807, 2.05) is 5.38 Å². The summed E-state index contributed by atoms with van der Waals surface area (Å²) in [6.07, 6.45) is 3.36. The number of hydrogen-bond acceptors (Lipinski definition) is 3. The minimum atomic E-state index is -0.403. The van der Waals surface area contributed by atoms with E-state index in [-0.39, 0.29) is 0 Å². The molecule has 0 atom stereocenters. The summed E-state index contributed by atoms with van der Waals surface area (Å²) in [7, 11) is 0. The normalized spacial score (nSPS) is 11.5. The van der Waals surface area contributed by atoms with E-state index >= 15 is 0 Å². The van der Waals surface area contributed by atoms with Crippen molar-refractivity contribution in [3.8, 4) is 0 Å². The molecule has 0 saturated carbocycles. The van der Waals surface area contributed by atoms with Crippen molar-refractivity contribution in [3.05, 3.63) is 22.2 Å². The number of nitrogens with zero attached hydrogens (tertiary/aromatic N) is 1. The van der Waals surface area contributed by atoms with Crippen molar-refractivity contribution in [2.45, 2.75) is 6.92 Å². The van der Waals surface area contributed by atoms with Gasteiger partial charge in [0.05, 0.1) is 0 Å². The van der Waals surface area contributed by atoms with E-state index in [4.69, 9.17) is 5.73 Å². The lowest BCUT2D eigenvalue weighted by atomic mass is 10.3. The zero-order valence-electron chi connectivity index (χ0n) is 6.07. The topological polar surface area (TPSA) is 56.0 Å². The summed E-state index contributed by atoms with van der Waals surface area (Å²) in [5.74, 6) is -0.403. The molecule has 1 aromatic rings. The van der Waals surface area contributed by atoms with E-state index in [0.29, 0.717) is 5.57 Å². The second-order valence-corrected chi connectivity index (χ2v) is 2.99. The van der Waals surface area contributed by atoms with Gasteiger partial charge in [0.15, 0.2) is 0 Å². The highest BCUT2D eigenvalue weighted by molar-refractivity contribution is 7.10. The zero-order chi connectivity index (χ0) is 8.27. The van der Waals surface area contributed by atoms with Crippen molar-refractivity contribution in [1.29, 1.82) is 0 Å². The van der Waals surface area contributed by atoms with E-state index in [9.17, 15) is 4.79 Å². The van der Waals surface area contributed by atoms with Crippen LogP contribution < -0.4 is 5.73 Å². The lowest BCUT2D eigenvalue weighted by molar-refractivity contribution is -0.114. The lowest BCUT2D eigenvalue weighted by Crippen LogP contribution is -2.11. The number of aromatic nitrogens is 1. The van der Waals surface area contributed by atoms with Gasteiger partial charge in [0.1, 0.15) is 5.01 Å². The molecule has 0 aliphatic heterocycles. The molecule has 0 aromatic carbocycles. The van der Waals surface area contributed by atoms with Gasteiger partial charge >= 0.3 is 0 Å². The summed E-state index contributed by atoms with van der Waals surface area (Å²) in [5, 5.41) is 2.65. The maximum atomic E-state index is 10.6. The minimum Gasteiger partial charge on any atom is -0.366 e. The molecule has 1 aromatic heterocycles. The predicted molar refractivity (Wildman–Crippen MR) is 45.0 cm³/mol. The van der Waals surface area contributed by atoms with Crippen LogP contribution in [-0.2, 0) is 4.79 Å². The van der Waals surface area contributed by atoms with E-state index in [2.05, 4.69) is 4.98 Å². The Labute approximate surface area is 68.6 Å². The molecule has 1 amide bonds. The van der Waals surface area contributed by atoms with Crippen molar-refractivity contribution in [1.82, 2.24) is 4.98 Å². The minimum absolute atomic E-state index is 0.403. The number of hydrogen-bond donors (Lipinski definition) is 1. The van der Waals surface area contributed by atoms with Crippen LogP contribution in [0, 0.1) is 0 Å². The Morgan fingerprint density at radius 1 is 1.82 bits per heavy atom. The van der Waals surface area contributed by atoms with Crippen LogP contribution in [0.5, 0.6) is 0 Å². The first-order chi connectivity index (χ1) is 5.20. The van der Waals surface area contributed by atoms with Gasteiger partial charge in [0, 0.05) is 17.2 Å². The standard InChI is InChI=1S/C7H8N2OS/c1-5(7(8)10)4-6-9-2-3-11-6/h2-4H,1H3,(H2,8,10)/b5-4+. The molecule has 1 rings (SSSR count). The number of nitrogens with two attached hydrogens (primary N) is 1. The summed E-state index contributed by atoms with van der Waals surface area (Å²) < 4.78 is 0. The molecule has 0 spiro atoms. The summed E-state index contributed by atoms with van der Waals surface area (Å²) in [6.45, 7) is 1.67. The smallest absolute Gasteiger partial charge is 0.244 e. The van der Waals surface area contributed by atoms with Gasteiger partial charge in [-0.15, -0.1) is 11.3 Å². The van der Waals surface area contributed by atoms with Crippen LogP contribution in [0.1, 0.15) is 11.9 Å². The van der Waals surface area contributed by atoms with E-state index in [0.717, 1.165) is 5.01 Å². The predicted octanol–water partition coefficient (Wildman–Crippen LogP) is 1.03. The highest BCUT2D eigenvalue weighted by Gasteiger charge is 1.97. The molecule has 0 aliphatic rings. The molecule has 2 N–H and O–H groups in total. The molecule has 1 heterocycles. The van der Waals surface area contributed by atoms with E-state index in [1.54, 1.807) is 19.2 Å². The second-order valence-electron chi connectivity index (χ2n) is 2.06. The SMILES string of the molecule is C/C(=C\c1nccs1)C(N)=O. The first-order valence-corrected chi connectivity index (χ1v) is 3.95. The quantitative estimate of drug-likeness (QED) is 0.670. The first-order valence-electron chi connectivity index (χ1n) is 3.08. The highest BCUT2D eigenvalue weighted by atomic mass is 32.1. The average Bonchev–Trinajstić information content (AvgIpc) is 2.39. The molecular formula is C7H8N2OS. The summed E-state index contributed by atoms with van der Waals surface area (Å²) in [6, 6.07) is 0. The van der Waals surface area contributed by atoms with Gasteiger partial charge in [0.25, 0.3) is 0 Å². The van der Waals surface area contributed by atoms with Gasteiger partial charge < -0.3 is 5.73 Å². The number of thiazole rings is 1. The molecule has 3 nitrogen and oxygen atoms in total. The number of amides is 1. The van der Waals surface area contributed by atoms with Crippen molar-refractivity contribution in [2.24, 2.45) is 5.73 Å². The third-order valence-corrected chi connectivity index (χ3v) is 1.90. The zero-order valence-corrected chi connectivity index (χ0v) is 6.89. The fourth-order valence-corrected chi connectivity index (χ4v) is 1.19. The van der Waals surface area contributed by atoms with Crippen molar-refractivity contribution in [2.75, 3.05) is 0 Å². The van der Waals surface area contributed by atoms with Crippen LogP contribution in [0.25, 0.3) is 6.08 Å². The van der Waals surface area contributed by atoms with Crippen LogP contribution in [0.4, 0.5) is 0 Å². The Morgan fingerprint density at radius 2 is 2.55 bits per heavy atom.